The lowest BCUT2D eigenvalue weighted by atomic mass is 9.96. The number of benzene rings is 8. The average molecular weight is 652 g/mol. The summed E-state index contributed by atoms with van der Waals surface area (Å²) >= 11 is 0. The third kappa shape index (κ3) is 5.13. The van der Waals surface area contributed by atoms with Crippen molar-refractivity contribution in [2.75, 3.05) is 0 Å². The van der Waals surface area contributed by atoms with E-state index in [1.165, 1.54) is 21.9 Å². The Bertz CT molecular complexity index is 2840. The monoisotopic (exact) mass is 651 g/mol. The predicted molar refractivity (Wildman–Crippen MR) is 209 cm³/mol. The zero-order valence-electron chi connectivity index (χ0n) is 27.5. The summed E-state index contributed by atoms with van der Waals surface area (Å²) < 4.78 is 6.70. The van der Waals surface area contributed by atoms with E-state index in [9.17, 15) is 0 Å². The first-order chi connectivity index (χ1) is 25.2. The molecule has 2 heterocycles. The smallest absolute Gasteiger partial charge is 0.164 e. The fraction of sp³-hybridized carbons (Fsp3) is 0. The molecule has 8 aromatic carbocycles. The maximum Gasteiger partial charge on any atom is 0.164 e. The Morgan fingerprint density at radius 1 is 0.314 bits per heavy atom. The fourth-order valence-corrected chi connectivity index (χ4v) is 7.13. The maximum atomic E-state index is 6.70. The van der Waals surface area contributed by atoms with Crippen molar-refractivity contribution in [2.45, 2.75) is 0 Å². The van der Waals surface area contributed by atoms with Crippen LogP contribution in [0.5, 0.6) is 0 Å². The van der Waals surface area contributed by atoms with E-state index in [1.54, 1.807) is 0 Å². The molecule has 10 rings (SSSR count). The van der Waals surface area contributed by atoms with Gasteiger partial charge in [-0.2, -0.15) is 0 Å². The SMILES string of the molecule is c1ccc(-c2ccc3cc(-c4ccc5c(c4)oc4c6ccccc6c(-c6nc(-c7ccccc7)nc(-c7ccccc7)n6)cc54)ccc3c2)cc1. The lowest BCUT2D eigenvalue weighted by Gasteiger charge is -2.11. The van der Waals surface area contributed by atoms with Crippen LogP contribution in [0.15, 0.2) is 180 Å². The molecular weight excluding hydrogens is 623 g/mol. The zero-order chi connectivity index (χ0) is 33.7. The molecular formula is C47H29N3O. The first-order valence-corrected chi connectivity index (χ1v) is 17.1. The van der Waals surface area contributed by atoms with Crippen molar-refractivity contribution < 1.29 is 4.42 Å². The molecule has 10 aromatic rings. The molecule has 4 heteroatoms. The van der Waals surface area contributed by atoms with Crippen LogP contribution in [-0.2, 0) is 0 Å². The van der Waals surface area contributed by atoms with Crippen LogP contribution in [0.3, 0.4) is 0 Å². The van der Waals surface area contributed by atoms with Crippen LogP contribution in [0.2, 0.25) is 0 Å². The second-order valence-corrected chi connectivity index (χ2v) is 12.8. The van der Waals surface area contributed by atoms with Crippen molar-refractivity contribution in [3.8, 4) is 56.4 Å². The van der Waals surface area contributed by atoms with Crippen LogP contribution in [0.1, 0.15) is 0 Å². The predicted octanol–water partition coefficient (Wildman–Crippen LogP) is 12.4. The normalized spacial score (nSPS) is 11.5. The van der Waals surface area contributed by atoms with E-state index in [4.69, 9.17) is 19.4 Å². The van der Waals surface area contributed by atoms with Crippen molar-refractivity contribution in [3.05, 3.63) is 176 Å². The number of nitrogens with zero attached hydrogens (tertiary/aromatic N) is 3. The number of hydrogen-bond acceptors (Lipinski definition) is 4. The molecule has 0 N–H and O–H groups in total. The lowest BCUT2D eigenvalue weighted by molar-refractivity contribution is 0.673. The maximum absolute atomic E-state index is 6.70. The molecule has 0 aliphatic rings. The minimum Gasteiger partial charge on any atom is -0.455 e. The summed E-state index contributed by atoms with van der Waals surface area (Å²) in [6.45, 7) is 0. The van der Waals surface area contributed by atoms with Crippen LogP contribution in [-0.4, -0.2) is 15.0 Å². The summed E-state index contributed by atoms with van der Waals surface area (Å²) in [4.78, 5) is 15.1. The number of furan rings is 1. The fourth-order valence-electron chi connectivity index (χ4n) is 7.13. The highest BCUT2D eigenvalue weighted by Crippen LogP contribution is 2.41. The van der Waals surface area contributed by atoms with Crippen LogP contribution in [0, 0.1) is 0 Å². The van der Waals surface area contributed by atoms with E-state index in [1.807, 2.05) is 60.7 Å². The summed E-state index contributed by atoms with van der Waals surface area (Å²) in [6.07, 6.45) is 0. The van der Waals surface area contributed by atoms with Gasteiger partial charge in [-0.25, -0.2) is 15.0 Å². The molecule has 0 fully saturated rings. The van der Waals surface area contributed by atoms with Gasteiger partial charge < -0.3 is 4.42 Å². The quantitative estimate of drug-likeness (QED) is 0.186. The van der Waals surface area contributed by atoms with Crippen molar-refractivity contribution >= 4 is 43.5 Å². The van der Waals surface area contributed by atoms with Crippen molar-refractivity contribution in [1.82, 2.24) is 15.0 Å². The summed E-state index contributed by atoms with van der Waals surface area (Å²) in [5.74, 6) is 1.90. The summed E-state index contributed by atoms with van der Waals surface area (Å²) in [7, 11) is 0. The Kier molecular flexibility index (Phi) is 6.78. The van der Waals surface area contributed by atoms with Gasteiger partial charge in [0.1, 0.15) is 11.2 Å². The summed E-state index contributed by atoms with van der Waals surface area (Å²) in [5.41, 5.74) is 9.21. The average Bonchev–Trinajstić information content (AvgIpc) is 3.59. The lowest BCUT2D eigenvalue weighted by Crippen LogP contribution is -2.00. The summed E-state index contributed by atoms with van der Waals surface area (Å²) in [6, 6.07) is 61.1. The molecule has 51 heavy (non-hydrogen) atoms. The molecule has 0 spiro atoms. The Labute approximate surface area is 294 Å². The number of hydrogen-bond donors (Lipinski definition) is 0. The molecule has 0 unspecified atom stereocenters. The Morgan fingerprint density at radius 2 is 0.804 bits per heavy atom. The van der Waals surface area contributed by atoms with E-state index in [2.05, 4.69) is 115 Å². The first-order valence-electron chi connectivity index (χ1n) is 17.1. The Balaban J connectivity index is 1.12. The number of fused-ring (bicyclic) bond motifs is 6. The van der Waals surface area contributed by atoms with Crippen LogP contribution < -0.4 is 0 Å². The number of rotatable bonds is 5. The Hall–Kier alpha value is -6.91. The molecule has 238 valence electrons. The molecule has 0 aliphatic heterocycles. The molecule has 0 saturated heterocycles. The largest absolute Gasteiger partial charge is 0.455 e. The van der Waals surface area contributed by atoms with E-state index in [0.29, 0.717) is 17.5 Å². The van der Waals surface area contributed by atoms with Crippen molar-refractivity contribution in [1.29, 1.82) is 0 Å². The van der Waals surface area contributed by atoms with Gasteiger partial charge in [0.2, 0.25) is 0 Å². The molecule has 0 amide bonds. The van der Waals surface area contributed by atoms with E-state index in [-0.39, 0.29) is 0 Å². The molecule has 0 saturated carbocycles. The van der Waals surface area contributed by atoms with Gasteiger partial charge in [-0.15, -0.1) is 0 Å². The van der Waals surface area contributed by atoms with Gasteiger partial charge in [-0.05, 0) is 68.7 Å². The third-order valence-electron chi connectivity index (χ3n) is 9.70. The molecule has 2 aromatic heterocycles. The van der Waals surface area contributed by atoms with Gasteiger partial charge in [-0.3, -0.25) is 0 Å². The minimum atomic E-state index is 0.623. The highest BCUT2D eigenvalue weighted by Gasteiger charge is 2.19. The molecule has 0 atom stereocenters. The Morgan fingerprint density at radius 3 is 1.43 bits per heavy atom. The highest BCUT2D eigenvalue weighted by atomic mass is 16.3. The molecule has 0 radical (unpaired) electrons. The van der Waals surface area contributed by atoms with Crippen molar-refractivity contribution in [3.63, 3.8) is 0 Å². The van der Waals surface area contributed by atoms with Gasteiger partial charge in [-0.1, -0.05) is 146 Å². The van der Waals surface area contributed by atoms with Crippen molar-refractivity contribution in [2.24, 2.45) is 0 Å². The van der Waals surface area contributed by atoms with Gasteiger partial charge in [0.15, 0.2) is 17.5 Å². The third-order valence-corrected chi connectivity index (χ3v) is 9.70. The van der Waals surface area contributed by atoms with Crippen LogP contribution in [0.4, 0.5) is 0 Å². The summed E-state index contributed by atoms with van der Waals surface area (Å²) in [5, 5.41) is 6.54. The first kappa shape index (κ1) is 29.0. The molecule has 0 bridgehead atoms. The van der Waals surface area contributed by atoms with Crippen LogP contribution >= 0.6 is 0 Å². The van der Waals surface area contributed by atoms with E-state index < -0.39 is 0 Å². The molecule has 0 aliphatic carbocycles. The molecule has 4 nitrogen and oxygen atoms in total. The minimum absolute atomic E-state index is 0.623. The number of aromatic nitrogens is 3. The second kappa shape index (κ2) is 11.9. The van der Waals surface area contributed by atoms with Gasteiger partial charge in [0.05, 0.1) is 0 Å². The zero-order valence-corrected chi connectivity index (χ0v) is 27.5. The topological polar surface area (TPSA) is 51.8 Å². The standard InChI is InChI=1S/C47H29N3O/c1-4-12-30(13-5-1)33-20-21-35-27-36(23-22-34(35)26-33)37-24-25-39-41-29-42(38-18-10-11-19-40(38)44(41)51-43(39)28-37)47-49-45(31-14-6-2-7-15-31)48-46(50-47)32-16-8-3-9-17-32/h1-29H. The van der Waals surface area contributed by atoms with E-state index >= 15 is 0 Å². The second-order valence-electron chi connectivity index (χ2n) is 12.8. The van der Waals surface area contributed by atoms with E-state index in [0.717, 1.165) is 60.5 Å². The highest BCUT2D eigenvalue weighted by molar-refractivity contribution is 6.19. The van der Waals surface area contributed by atoms with Gasteiger partial charge in [0.25, 0.3) is 0 Å². The van der Waals surface area contributed by atoms with Gasteiger partial charge in [0, 0.05) is 32.8 Å². The van der Waals surface area contributed by atoms with Gasteiger partial charge >= 0.3 is 0 Å². The van der Waals surface area contributed by atoms with Crippen LogP contribution in [0.25, 0.3) is 99.9 Å².